The molecule has 0 bridgehead atoms. The molecular formula is C14H21NS. The van der Waals surface area contributed by atoms with E-state index in [0.29, 0.717) is 0 Å². The van der Waals surface area contributed by atoms with Crippen molar-refractivity contribution in [2.75, 3.05) is 18.8 Å². The zero-order chi connectivity index (χ0) is 11.2. The van der Waals surface area contributed by atoms with Gasteiger partial charge in [-0.25, -0.2) is 0 Å². The summed E-state index contributed by atoms with van der Waals surface area (Å²) in [6.07, 6.45) is 3.88. The Morgan fingerprint density at radius 3 is 3.06 bits per heavy atom. The van der Waals surface area contributed by atoms with E-state index in [9.17, 15) is 0 Å². The first-order valence-electron chi connectivity index (χ1n) is 6.34. The van der Waals surface area contributed by atoms with Gasteiger partial charge in [0.1, 0.15) is 0 Å². The van der Waals surface area contributed by atoms with Crippen molar-refractivity contribution >= 4 is 11.8 Å². The van der Waals surface area contributed by atoms with Gasteiger partial charge in [0, 0.05) is 10.6 Å². The van der Waals surface area contributed by atoms with Crippen LogP contribution in [0.25, 0.3) is 0 Å². The maximum Gasteiger partial charge on any atom is 0.0107 e. The summed E-state index contributed by atoms with van der Waals surface area (Å²) in [6, 6.07) is 8.89. The maximum atomic E-state index is 3.48. The molecular weight excluding hydrogens is 214 g/mol. The van der Waals surface area contributed by atoms with Gasteiger partial charge in [-0.3, -0.25) is 0 Å². The van der Waals surface area contributed by atoms with Gasteiger partial charge in [-0.15, -0.1) is 11.8 Å². The maximum absolute atomic E-state index is 3.48. The van der Waals surface area contributed by atoms with E-state index in [1.165, 1.54) is 36.5 Å². The van der Waals surface area contributed by atoms with Gasteiger partial charge in [-0.2, -0.15) is 0 Å². The van der Waals surface area contributed by atoms with Crippen molar-refractivity contribution in [3.63, 3.8) is 0 Å². The summed E-state index contributed by atoms with van der Waals surface area (Å²) in [6.45, 7) is 4.56. The second-order valence-corrected chi connectivity index (χ2v) is 5.50. The van der Waals surface area contributed by atoms with Gasteiger partial charge >= 0.3 is 0 Å². The summed E-state index contributed by atoms with van der Waals surface area (Å²) in [5.41, 5.74) is 1.59. The number of benzene rings is 1. The van der Waals surface area contributed by atoms with Crippen LogP contribution in [0, 0.1) is 0 Å². The third kappa shape index (κ3) is 3.02. The Morgan fingerprint density at radius 1 is 1.31 bits per heavy atom. The molecule has 16 heavy (non-hydrogen) atoms. The number of thioether (sulfide) groups is 1. The monoisotopic (exact) mass is 235 g/mol. The Balaban J connectivity index is 1.76. The molecule has 1 unspecified atom stereocenters. The van der Waals surface area contributed by atoms with Crippen molar-refractivity contribution in [3.8, 4) is 0 Å². The molecule has 0 spiro atoms. The molecule has 0 aromatic heterocycles. The lowest BCUT2D eigenvalue weighted by molar-refractivity contribution is 0.581. The van der Waals surface area contributed by atoms with Crippen molar-refractivity contribution in [2.45, 2.75) is 37.0 Å². The van der Waals surface area contributed by atoms with Gasteiger partial charge in [-0.1, -0.05) is 25.1 Å². The molecule has 1 heterocycles. The Hall–Kier alpha value is -0.470. The molecule has 1 N–H and O–H groups in total. The van der Waals surface area contributed by atoms with Crippen LogP contribution >= 0.6 is 11.8 Å². The van der Waals surface area contributed by atoms with Crippen LogP contribution in [0.2, 0.25) is 0 Å². The minimum absolute atomic E-state index is 0.796. The first-order valence-corrected chi connectivity index (χ1v) is 7.33. The number of hydrogen-bond donors (Lipinski definition) is 1. The predicted octanol–water partition coefficient (Wildman–Crippen LogP) is 3.66. The van der Waals surface area contributed by atoms with E-state index in [4.69, 9.17) is 0 Å². The van der Waals surface area contributed by atoms with Crippen molar-refractivity contribution in [2.24, 2.45) is 0 Å². The highest BCUT2D eigenvalue weighted by Crippen LogP contribution is 2.41. The third-order valence-electron chi connectivity index (χ3n) is 3.13. The van der Waals surface area contributed by atoms with Crippen molar-refractivity contribution in [1.82, 2.24) is 5.32 Å². The fourth-order valence-corrected chi connectivity index (χ4v) is 3.55. The molecule has 0 fully saturated rings. The molecule has 0 saturated carbocycles. The summed E-state index contributed by atoms with van der Waals surface area (Å²) >= 11 is 2.02. The molecule has 1 atom stereocenters. The second kappa shape index (κ2) is 6.31. The third-order valence-corrected chi connectivity index (χ3v) is 4.38. The van der Waals surface area contributed by atoms with E-state index in [1.807, 2.05) is 11.8 Å². The van der Waals surface area contributed by atoms with Crippen molar-refractivity contribution < 1.29 is 0 Å². The van der Waals surface area contributed by atoms with Crippen molar-refractivity contribution in [1.29, 1.82) is 0 Å². The highest BCUT2D eigenvalue weighted by Gasteiger charge is 2.21. The van der Waals surface area contributed by atoms with Crippen molar-refractivity contribution in [3.05, 3.63) is 29.8 Å². The van der Waals surface area contributed by atoms with Gasteiger partial charge in [0.2, 0.25) is 0 Å². The van der Waals surface area contributed by atoms with E-state index in [0.717, 1.165) is 12.5 Å². The van der Waals surface area contributed by atoms with Crippen LogP contribution < -0.4 is 5.32 Å². The topological polar surface area (TPSA) is 12.0 Å². The number of hydrogen-bond acceptors (Lipinski definition) is 2. The molecule has 0 aliphatic carbocycles. The van der Waals surface area contributed by atoms with Gasteiger partial charge in [0.15, 0.2) is 0 Å². The summed E-state index contributed by atoms with van der Waals surface area (Å²) in [7, 11) is 0. The molecule has 1 aliphatic heterocycles. The molecule has 1 aromatic carbocycles. The molecule has 1 aliphatic rings. The van der Waals surface area contributed by atoms with E-state index in [1.54, 1.807) is 5.56 Å². The van der Waals surface area contributed by atoms with Crippen LogP contribution in [-0.4, -0.2) is 18.8 Å². The molecule has 0 saturated heterocycles. The average Bonchev–Trinajstić information content (AvgIpc) is 2.73. The van der Waals surface area contributed by atoms with Crippen LogP contribution in [0.5, 0.6) is 0 Å². The zero-order valence-corrected chi connectivity index (χ0v) is 10.9. The number of fused-ring (bicyclic) bond motifs is 1. The molecule has 88 valence electrons. The van der Waals surface area contributed by atoms with Crippen LogP contribution in [0.4, 0.5) is 0 Å². The van der Waals surface area contributed by atoms with E-state index < -0.39 is 0 Å². The molecule has 1 nitrogen and oxygen atoms in total. The van der Waals surface area contributed by atoms with Gasteiger partial charge in [0.25, 0.3) is 0 Å². The average molecular weight is 235 g/mol. The quantitative estimate of drug-likeness (QED) is 0.755. The van der Waals surface area contributed by atoms with Gasteiger partial charge in [-0.05, 0) is 49.9 Å². The Labute approximate surface area is 103 Å². The summed E-state index contributed by atoms with van der Waals surface area (Å²) in [4.78, 5) is 1.51. The minimum Gasteiger partial charge on any atom is -0.317 e. The van der Waals surface area contributed by atoms with Gasteiger partial charge in [0.05, 0.1) is 0 Å². The van der Waals surface area contributed by atoms with Crippen LogP contribution in [0.15, 0.2) is 29.2 Å². The van der Waals surface area contributed by atoms with E-state index in [2.05, 4.69) is 36.5 Å². The lowest BCUT2D eigenvalue weighted by atomic mass is 9.96. The molecule has 0 radical (unpaired) electrons. The standard InChI is InChI=1S/C14H21NS/c1-2-9-15-10-5-6-12-11-16-14-8-4-3-7-13(12)14/h3-4,7-8,12,15H,2,5-6,9-11H2,1H3. The Morgan fingerprint density at radius 2 is 2.19 bits per heavy atom. The van der Waals surface area contributed by atoms with Gasteiger partial charge < -0.3 is 5.32 Å². The molecule has 0 amide bonds. The second-order valence-electron chi connectivity index (χ2n) is 4.44. The van der Waals surface area contributed by atoms with Crippen LogP contribution in [0.1, 0.15) is 37.7 Å². The predicted molar refractivity (Wildman–Crippen MR) is 72.3 cm³/mol. The first-order chi connectivity index (χ1) is 7.92. The van der Waals surface area contributed by atoms with E-state index >= 15 is 0 Å². The number of rotatable bonds is 6. The summed E-state index contributed by atoms with van der Waals surface area (Å²) in [5.74, 6) is 2.08. The summed E-state index contributed by atoms with van der Waals surface area (Å²) in [5, 5.41) is 3.48. The smallest absolute Gasteiger partial charge is 0.0107 e. The highest BCUT2D eigenvalue weighted by molar-refractivity contribution is 7.99. The molecule has 2 rings (SSSR count). The van der Waals surface area contributed by atoms with Crippen LogP contribution in [0.3, 0.4) is 0 Å². The lowest BCUT2D eigenvalue weighted by Gasteiger charge is -2.10. The first kappa shape index (κ1) is 12.0. The minimum atomic E-state index is 0.796. The fraction of sp³-hybridized carbons (Fsp3) is 0.571. The number of nitrogens with one attached hydrogen (secondary N) is 1. The highest BCUT2D eigenvalue weighted by atomic mass is 32.2. The zero-order valence-electron chi connectivity index (χ0n) is 10.0. The molecule has 2 heteroatoms. The lowest BCUT2D eigenvalue weighted by Crippen LogP contribution is -2.16. The largest absolute Gasteiger partial charge is 0.317 e. The fourth-order valence-electron chi connectivity index (χ4n) is 2.24. The van der Waals surface area contributed by atoms with Crippen LogP contribution in [-0.2, 0) is 0 Å². The SMILES string of the molecule is CCCNCCCC1CSc2ccccc21. The van der Waals surface area contributed by atoms with E-state index in [-0.39, 0.29) is 0 Å². The summed E-state index contributed by atoms with van der Waals surface area (Å²) < 4.78 is 0. The Bertz CT molecular complexity index is 324. The Kier molecular flexibility index (Phi) is 4.73. The molecule has 1 aromatic rings. The normalized spacial score (nSPS) is 18.7.